The summed E-state index contributed by atoms with van der Waals surface area (Å²) in [5.74, 6) is 0.379. The van der Waals surface area contributed by atoms with Gasteiger partial charge in [0.2, 0.25) is 5.91 Å². The van der Waals surface area contributed by atoms with Gasteiger partial charge in [-0.2, -0.15) is 0 Å². The van der Waals surface area contributed by atoms with E-state index in [2.05, 4.69) is 22.5 Å². The summed E-state index contributed by atoms with van der Waals surface area (Å²) in [4.78, 5) is 13.5. The third-order valence-corrected chi connectivity index (χ3v) is 5.97. The lowest BCUT2D eigenvalue weighted by molar-refractivity contribution is -0.119. The van der Waals surface area contributed by atoms with Crippen LogP contribution >= 0.6 is 12.2 Å². The lowest BCUT2D eigenvalue weighted by Crippen LogP contribution is -2.51. The number of amides is 1. The molecular weight excluding hydrogens is 481 g/mol. The van der Waals surface area contributed by atoms with Crippen LogP contribution in [0.25, 0.3) is 0 Å². The van der Waals surface area contributed by atoms with Crippen LogP contribution in [0.5, 0.6) is 17.2 Å². The Morgan fingerprint density at radius 3 is 2.56 bits per heavy atom. The van der Waals surface area contributed by atoms with E-state index in [-0.39, 0.29) is 18.3 Å². The fourth-order valence-electron chi connectivity index (χ4n) is 3.93. The van der Waals surface area contributed by atoms with Gasteiger partial charge < -0.3 is 30.2 Å². The Kier molecular flexibility index (Phi) is 7.70. The minimum Gasteiger partial charge on any atom is -0.497 e. The first-order valence-electron chi connectivity index (χ1n) is 11.1. The molecule has 186 valence electrons. The quantitative estimate of drug-likeness (QED) is 0.381. The molecule has 1 aliphatic heterocycles. The monoisotopic (exact) mass is 507 g/mol. The molecule has 3 N–H and O–H groups in total. The topological polar surface area (TPSA) is 80.9 Å². The second-order valence-corrected chi connectivity index (χ2v) is 8.53. The molecule has 9 heteroatoms. The van der Waals surface area contributed by atoms with Crippen LogP contribution in [-0.4, -0.2) is 25.2 Å². The average Bonchev–Trinajstić information content (AvgIpc) is 2.88. The third-order valence-electron chi connectivity index (χ3n) is 5.75. The van der Waals surface area contributed by atoms with Crippen molar-refractivity contribution in [2.45, 2.75) is 12.6 Å². The van der Waals surface area contributed by atoms with Crippen LogP contribution < -0.4 is 30.2 Å². The minimum absolute atomic E-state index is 0.273. The summed E-state index contributed by atoms with van der Waals surface area (Å²) in [6, 6.07) is 18.2. The van der Waals surface area contributed by atoms with Crippen LogP contribution in [0.15, 0.2) is 79.0 Å². The number of hydrogen-bond acceptors (Lipinski definition) is 5. The predicted molar refractivity (Wildman–Crippen MR) is 140 cm³/mol. The van der Waals surface area contributed by atoms with Crippen molar-refractivity contribution in [1.82, 2.24) is 10.6 Å². The maximum atomic E-state index is 13.5. The lowest BCUT2D eigenvalue weighted by atomic mass is 9.88. The molecule has 1 saturated heterocycles. The Hall–Kier alpha value is -4.11. The standard InChI is InChI=1S/C27H26FN3O4S/c1-16-24(26(32)30-22-12-11-20(33-2)14-23(22)34-3)25(31-27(36)29-16)18-5-4-6-21(13-18)35-15-17-7-9-19(28)10-8-17/h4-14,24-25H,1,15H2,2-3H3,(H,30,32)(H2,29,31,36)/t24-,25+/m0/s1. The van der Waals surface area contributed by atoms with Crippen molar-refractivity contribution >= 4 is 28.9 Å². The lowest BCUT2D eigenvalue weighted by Gasteiger charge is -2.35. The zero-order valence-corrected chi connectivity index (χ0v) is 20.7. The smallest absolute Gasteiger partial charge is 0.235 e. The summed E-state index contributed by atoms with van der Waals surface area (Å²) in [5.41, 5.74) is 2.59. The van der Waals surface area contributed by atoms with Crippen molar-refractivity contribution in [3.05, 3.63) is 96.0 Å². The molecule has 7 nitrogen and oxygen atoms in total. The Labute approximate surface area is 214 Å². The van der Waals surface area contributed by atoms with E-state index in [0.29, 0.717) is 33.7 Å². The van der Waals surface area contributed by atoms with Crippen LogP contribution in [0.2, 0.25) is 0 Å². The van der Waals surface area contributed by atoms with Gasteiger partial charge in [0.25, 0.3) is 0 Å². The van der Waals surface area contributed by atoms with Crippen molar-refractivity contribution in [1.29, 1.82) is 0 Å². The summed E-state index contributed by atoms with van der Waals surface area (Å²) in [6.07, 6.45) is 0. The van der Waals surface area contributed by atoms with Gasteiger partial charge >= 0.3 is 0 Å². The van der Waals surface area contributed by atoms with Crippen LogP contribution in [-0.2, 0) is 11.4 Å². The normalized spacial score (nSPS) is 17.0. The first-order valence-corrected chi connectivity index (χ1v) is 11.5. The van der Waals surface area contributed by atoms with Crippen molar-refractivity contribution in [3.63, 3.8) is 0 Å². The van der Waals surface area contributed by atoms with Gasteiger partial charge in [0, 0.05) is 11.8 Å². The molecule has 0 aliphatic carbocycles. The number of ether oxygens (including phenoxy) is 3. The highest BCUT2D eigenvalue weighted by atomic mass is 32.1. The first-order chi connectivity index (χ1) is 17.4. The van der Waals surface area contributed by atoms with E-state index in [0.717, 1.165) is 11.1 Å². The molecule has 0 radical (unpaired) electrons. The van der Waals surface area contributed by atoms with Gasteiger partial charge in [-0.1, -0.05) is 30.8 Å². The Bertz CT molecular complexity index is 1280. The van der Waals surface area contributed by atoms with E-state index in [1.165, 1.54) is 19.2 Å². The summed E-state index contributed by atoms with van der Waals surface area (Å²) in [6.45, 7) is 4.32. The highest BCUT2D eigenvalue weighted by Gasteiger charge is 2.37. The molecule has 1 amide bonds. The highest BCUT2D eigenvalue weighted by molar-refractivity contribution is 7.80. The van der Waals surface area contributed by atoms with Gasteiger partial charge in [-0.25, -0.2) is 4.39 Å². The summed E-state index contributed by atoms with van der Waals surface area (Å²) in [5, 5.41) is 9.44. The van der Waals surface area contributed by atoms with Crippen molar-refractivity contribution in [3.8, 4) is 17.2 Å². The zero-order chi connectivity index (χ0) is 25.7. The maximum absolute atomic E-state index is 13.5. The molecule has 0 unspecified atom stereocenters. The first kappa shape index (κ1) is 25.0. The number of carbonyl (C=O) groups excluding carboxylic acids is 1. The van der Waals surface area contributed by atoms with Crippen molar-refractivity contribution in [2.75, 3.05) is 19.5 Å². The van der Waals surface area contributed by atoms with Gasteiger partial charge in [0.05, 0.1) is 25.9 Å². The summed E-state index contributed by atoms with van der Waals surface area (Å²) < 4.78 is 29.7. The molecule has 1 fully saturated rings. The van der Waals surface area contributed by atoms with Crippen LogP contribution in [0, 0.1) is 11.7 Å². The molecule has 0 bridgehead atoms. The van der Waals surface area contributed by atoms with E-state index in [4.69, 9.17) is 26.4 Å². The summed E-state index contributed by atoms with van der Waals surface area (Å²) in [7, 11) is 3.08. The van der Waals surface area contributed by atoms with Crippen molar-refractivity contribution in [2.24, 2.45) is 5.92 Å². The van der Waals surface area contributed by atoms with E-state index in [1.807, 2.05) is 24.3 Å². The summed E-state index contributed by atoms with van der Waals surface area (Å²) >= 11 is 5.34. The van der Waals surface area contributed by atoms with Crippen LogP contribution in [0.4, 0.5) is 10.1 Å². The Morgan fingerprint density at radius 2 is 1.83 bits per heavy atom. The maximum Gasteiger partial charge on any atom is 0.235 e. The fraction of sp³-hybridized carbons (Fsp3) is 0.185. The van der Waals surface area contributed by atoms with Gasteiger partial charge in [-0.15, -0.1) is 0 Å². The van der Waals surface area contributed by atoms with Crippen molar-refractivity contribution < 1.29 is 23.4 Å². The molecule has 0 aromatic heterocycles. The second-order valence-electron chi connectivity index (χ2n) is 8.12. The van der Waals surface area contributed by atoms with E-state index in [1.54, 1.807) is 37.4 Å². The largest absolute Gasteiger partial charge is 0.497 e. The highest BCUT2D eigenvalue weighted by Crippen LogP contribution is 2.34. The number of thiocarbonyl (C=S) groups is 1. The number of anilines is 1. The molecule has 36 heavy (non-hydrogen) atoms. The molecule has 1 aliphatic rings. The van der Waals surface area contributed by atoms with E-state index >= 15 is 0 Å². The Balaban J connectivity index is 1.56. The number of carbonyl (C=O) groups is 1. The van der Waals surface area contributed by atoms with E-state index < -0.39 is 12.0 Å². The van der Waals surface area contributed by atoms with E-state index in [9.17, 15) is 9.18 Å². The van der Waals surface area contributed by atoms with Crippen LogP contribution in [0.3, 0.4) is 0 Å². The fourth-order valence-corrected chi connectivity index (χ4v) is 4.19. The predicted octanol–water partition coefficient (Wildman–Crippen LogP) is 4.71. The molecule has 3 aromatic rings. The number of halogens is 1. The number of nitrogens with one attached hydrogen (secondary N) is 3. The molecule has 0 saturated carbocycles. The number of benzene rings is 3. The van der Waals surface area contributed by atoms with Gasteiger partial charge in [-0.05, 0) is 59.7 Å². The molecule has 1 heterocycles. The van der Waals surface area contributed by atoms with Gasteiger partial charge in [0.1, 0.15) is 35.6 Å². The molecular formula is C27H26FN3O4S. The average molecular weight is 508 g/mol. The van der Waals surface area contributed by atoms with Gasteiger partial charge in [0.15, 0.2) is 5.11 Å². The minimum atomic E-state index is -0.698. The molecule has 3 aromatic carbocycles. The number of methoxy groups -OCH3 is 2. The molecule has 2 atom stereocenters. The van der Waals surface area contributed by atoms with Crippen LogP contribution in [0.1, 0.15) is 17.2 Å². The number of hydrogen-bond donors (Lipinski definition) is 3. The SMILES string of the molecule is C=C1NC(=S)N[C@H](c2cccc(OCc3ccc(F)cc3)c2)[C@H]1C(=O)Nc1ccc(OC)cc1OC. The number of rotatable bonds is 8. The Morgan fingerprint density at radius 1 is 1.06 bits per heavy atom. The molecule has 0 spiro atoms. The molecule has 4 rings (SSSR count). The zero-order valence-electron chi connectivity index (χ0n) is 19.8. The third kappa shape index (κ3) is 5.75. The van der Waals surface area contributed by atoms with Gasteiger partial charge in [-0.3, -0.25) is 4.79 Å². The second kappa shape index (κ2) is 11.1.